The number of aromatic nitrogens is 1. The highest BCUT2D eigenvalue weighted by atomic mass is 32.2. The molecule has 0 aliphatic heterocycles. The highest BCUT2D eigenvalue weighted by Gasteiger charge is 2.18. The van der Waals surface area contributed by atoms with Crippen LogP contribution in [0.15, 0.2) is 77.8 Å². The molecular weight excluding hydrogens is 306 g/mol. The highest BCUT2D eigenvalue weighted by molar-refractivity contribution is 7.90. The molecule has 3 nitrogen and oxygen atoms in total. The molecule has 3 aromatic carbocycles. The van der Waals surface area contributed by atoms with Crippen LogP contribution in [0.25, 0.3) is 21.7 Å². The van der Waals surface area contributed by atoms with Crippen molar-refractivity contribution in [3.63, 3.8) is 0 Å². The van der Waals surface area contributed by atoms with Crippen LogP contribution in [0.2, 0.25) is 0 Å². The third kappa shape index (κ3) is 2.23. The molecule has 0 fully saturated rings. The van der Waals surface area contributed by atoms with Gasteiger partial charge in [0.1, 0.15) is 0 Å². The lowest BCUT2D eigenvalue weighted by atomic mass is 10.1. The van der Waals surface area contributed by atoms with Gasteiger partial charge >= 0.3 is 0 Å². The van der Waals surface area contributed by atoms with E-state index in [4.69, 9.17) is 0 Å². The summed E-state index contributed by atoms with van der Waals surface area (Å²) in [7, 11) is -3.59. The van der Waals surface area contributed by atoms with E-state index in [1.807, 2.05) is 61.5 Å². The fourth-order valence-corrected chi connectivity index (χ4v) is 4.18. The Morgan fingerprint density at radius 3 is 2.13 bits per heavy atom. The molecule has 0 amide bonds. The van der Waals surface area contributed by atoms with Crippen molar-refractivity contribution in [2.45, 2.75) is 11.8 Å². The second kappa shape index (κ2) is 4.96. The molecule has 0 atom stereocenters. The minimum atomic E-state index is -3.59. The van der Waals surface area contributed by atoms with Gasteiger partial charge in [0.25, 0.3) is 10.0 Å². The third-order valence-electron chi connectivity index (χ3n) is 4.10. The van der Waals surface area contributed by atoms with Crippen LogP contribution in [0.3, 0.4) is 0 Å². The first kappa shape index (κ1) is 14.0. The number of hydrogen-bond acceptors (Lipinski definition) is 2. The Morgan fingerprint density at radius 2 is 1.43 bits per heavy atom. The van der Waals surface area contributed by atoms with Crippen molar-refractivity contribution in [3.05, 3.63) is 78.5 Å². The minimum absolute atomic E-state index is 0.300. The molecule has 114 valence electrons. The molecule has 0 bridgehead atoms. The predicted molar refractivity (Wildman–Crippen MR) is 93.2 cm³/mol. The van der Waals surface area contributed by atoms with E-state index >= 15 is 0 Å². The van der Waals surface area contributed by atoms with Crippen molar-refractivity contribution in [1.82, 2.24) is 3.97 Å². The maximum absolute atomic E-state index is 12.9. The lowest BCUT2D eigenvalue weighted by Gasteiger charge is -2.08. The van der Waals surface area contributed by atoms with Crippen LogP contribution in [0, 0.1) is 6.92 Å². The van der Waals surface area contributed by atoms with E-state index in [1.165, 1.54) is 3.97 Å². The average Bonchev–Trinajstić information content (AvgIpc) is 2.96. The number of fused-ring (bicyclic) bond motifs is 2. The minimum Gasteiger partial charge on any atom is -0.241 e. The third-order valence-corrected chi connectivity index (χ3v) is 5.80. The summed E-state index contributed by atoms with van der Waals surface area (Å²) in [5.74, 6) is 0. The average molecular weight is 321 g/mol. The molecule has 0 N–H and O–H groups in total. The molecule has 0 unspecified atom stereocenters. The molecule has 0 saturated carbocycles. The molecular formula is C19H15NO2S. The quantitative estimate of drug-likeness (QED) is 0.551. The molecule has 0 aliphatic rings. The lowest BCUT2D eigenvalue weighted by molar-refractivity contribution is 0.589. The predicted octanol–water partition coefficient (Wildman–Crippen LogP) is 4.34. The second-order valence-electron chi connectivity index (χ2n) is 5.69. The summed E-state index contributed by atoms with van der Waals surface area (Å²) in [5.41, 5.74) is 1.73. The first-order chi connectivity index (χ1) is 11.1. The maximum atomic E-state index is 12.9. The molecule has 23 heavy (non-hydrogen) atoms. The van der Waals surface area contributed by atoms with E-state index in [1.54, 1.807) is 18.3 Å². The van der Waals surface area contributed by atoms with Gasteiger partial charge in [0.2, 0.25) is 0 Å². The van der Waals surface area contributed by atoms with E-state index in [2.05, 4.69) is 0 Å². The molecule has 0 saturated heterocycles. The van der Waals surface area contributed by atoms with Crippen LogP contribution in [-0.2, 0) is 10.0 Å². The first-order valence-electron chi connectivity index (χ1n) is 7.38. The smallest absolute Gasteiger partial charge is 0.241 e. The van der Waals surface area contributed by atoms with Gasteiger partial charge in [0.05, 0.1) is 10.4 Å². The highest BCUT2D eigenvalue weighted by Crippen LogP contribution is 2.27. The van der Waals surface area contributed by atoms with Crippen molar-refractivity contribution in [3.8, 4) is 0 Å². The summed E-state index contributed by atoms with van der Waals surface area (Å²) in [4.78, 5) is 0.300. The normalized spacial score (nSPS) is 12.0. The Kier molecular flexibility index (Phi) is 3.03. The molecule has 0 spiro atoms. The fraction of sp³-hybridized carbons (Fsp3) is 0.0526. The molecule has 4 aromatic rings. The van der Waals surface area contributed by atoms with Gasteiger partial charge in [0.15, 0.2) is 0 Å². The number of rotatable bonds is 2. The van der Waals surface area contributed by atoms with Crippen LogP contribution < -0.4 is 0 Å². The van der Waals surface area contributed by atoms with Crippen LogP contribution in [0.4, 0.5) is 0 Å². The van der Waals surface area contributed by atoms with Crippen LogP contribution >= 0.6 is 0 Å². The van der Waals surface area contributed by atoms with Crippen molar-refractivity contribution in [2.24, 2.45) is 0 Å². The van der Waals surface area contributed by atoms with Gasteiger partial charge in [-0.25, -0.2) is 12.4 Å². The Balaban J connectivity index is 1.98. The van der Waals surface area contributed by atoms with Crippen molar-refractivity contribution in [1.29, 1.82) is 0 Å². The Hall–Kier alpha value is -2.59. The Labute approximate surface area is 134 Å². The zero-order valence-electron chi connectivity index (χ0n) is 12.6. The molecule has 1 aromatic heterocycles. The summed E-state index contributed by atoms with van der Waals surface area (Å²) in [5, 5.41) is 3.05. The molecule has 4 rings (SSSR count). The molecule has 1 heterocycles. The van der Waals surface area contributed by atoms with Crippen molar-refractivity contribution < 1.29 is 8.42 Å². The zero-order valence-corrected chi connectivity index (χ0v) is 13.4. The summed E-state index contributed by atoms with van der Waals surface area (Å²) in [6.45, 7) is 1.94. The number of aryl methyl sites for hydroxylation is 1. The van der Waals surface area contributed by atoms with Crippen LogP contribution in [-0.4, -0.2) is 12.4 Å². The van der Waals surface area contributed by atoms with Gasteiger partial charge in [-0.05, 0) is 48.0 Å². The standard InChI is InChI=1S/C19H15NO2S/c1-14-6-8-18(9-7-14)23(21,22)20-11-10-17-12-15-4-2-3-5-16(15)13-19(17)20/h2-13H,1H3. The van der Waals surface area contributed by atoms with Crippen LogP contribution in [0.1, 0.15) is 5.56 Å². The van der Waals surface area contributed by atoms with Gasteiger partial charge in [0, 0.05) is 11.6 Å². The summed E-state index contributed by atoms with van der Waals surface area (Å²) in [6.07, 6.45) is 1.62. The number of hydrogen-bond donors (Lipinski definition) is 0. The van der Waals surface area contributed by atoms with Crippen molar-refractivity contribution in [2.75, 3.05) is 0 Å². The van der Waals surface area contributed by atoms with Gasteiger partial charge in [-0.1, -0.05) is 42.0 Å². The van der Waals surface area contributed by atoms with E-state index in [-0.39, 0.29) is 0 Å². The fourth-order valence-electron chi connectivity index (χ4n) is 2.83. The Morgan fingerprint density at radius 1 is 0.783 bits per heavy atom. The SMILES string of the molecule is Cc1ccc(S(=O)(=O)n2ccc3cc4ccccc4cc32)cc1. The molecule has 0 aliphatic carbocycles. The van der Waals surface area contributed by atoms with Gasteiger partial charge in [-0.15, -0.1) is 0 Å². The van der Waals surface area contributed by atoms with E-state index in [0.29, 0.717) is 10.4 Å². The second-order valence-corrected chi connectivity index (χ2v) is 7.50. The monoisotopic (exact) mass is 321 g/mol. The lowest BCUT2D eigenvalue weighted by Crippen LogP contribution is -2.11. The van der Waals surface area contributed by atoms with Crippen LogP contribution in [0.5, 0.6) is 0 Å². The largest absolute Gasteiger partial charge is 0.268 e. The van der Waals surface area contributed by atoms with Gasteiger partial charge < -0.3 is 0 Å². The van der Waals surface area contributed by atoms with E-state index < -0.39 is 10.0 Å². The summed E-state index contributed by atoms with van der Waals surface area (Å²) in [6, 6.07) is 20.7. The Bertz CT molecular complexity index is 1120. The number of benzene rings is 3. The first-order valence-corrected chi connectivity index (χ1v) is 8.82. The summed E-state index contributed by atoms with van der Waals surface area (Å²) < 4.78 is 27.2. The van der Waals surface area contributed by atoms with Crippen molar-refractivity contribution >= 4 is 31.7 Å². The van der Waals surface area contributed by atoms with E-state index in [0.717, 1.165) is 21.7 Å². The zero-order chi connectivity index (χ0) is 16.0. The maximum Gasteiger partial charge on any atom is 0.268 e. The van der Waals surface area contributed by atoms with E-state index in [9.17, 15) is 8.42 Å². The number of nitrogens with zero attached hydrogens (tertiary/aromatic N) is 1. The molecule has 0 radical (unpaired) electrons. The van der Waals surface area contributed by atoms with Gasteiger partial charge in [-0.2, -0.15) is 0 Å². The topological polar surface area (TPSA) is 39.1 Å². The van der Waals surface area contributed by atoms with Gasteiger partial charge in [-0.3, -0.25) is 0 Å². The molecule has 4 heteroatoms. The summed E-state index contributed by atoms with van der Waals surface area (Å²) >= 11 is 0.